The van der Waals surface area contributed by atoms with Gasteiger partial charge >= 0.3 is 5.69 Å². The number of hydrogen-bond donors (Lipinski definition) is 0. The first-order valence-corrected chi connectivity index (χ1v) is 8.65. The predicted molar refractivity (Wildman–Crippen MR) is 97.2 cm³/mol. The molecule has 2 aliphatic heterocycles. The van der Waals surface area contributed by atoms with Crippen molar-refractivity contribution in [1.82, 2.24) is 9.13 Å². The molecule has 0 fully saturated rings. The van der Waals surface area contributed by atoms with Gasteiger partial charge in [0.2, 0.25) is 5.88 Å². The first-order chi connectivity index (χ1) is 12.6. The number of aromatic nitrogens is 2. The van der Waals surface area contributed by atoms with E-state index in [1.165, 1.54) is 11.6 Å². The Balaban J connectivity index is 1.90. The van der Waals surface area contributed by atoms with E-state index in [4.69, 9.17) is 9.47 Å². The summed E-state index contributed by atoms with van der Waals surface area (Å²) in [5.74, 6) is 1.05. The number of fused-ring (bicyclic) bond motifs is 7. The number of hydrogen-bond acceptors (Lipinski definition) is 4. The topological polar surface area (TPSA) is 62.5 Å². The van der Waals surface area contributed by atoms with Crippen LogP contribution in [0.1, 0.15) is 17.0 Å². The van der Waals surface area contributed by atoms with E-state index in [2.05, 4.69) is 12.1 Å². The lowest BCUT2D eigenvalue weighted by molar-refractivity contribution is 0.117. The van der Waals surface area contributed by atoms with Crippen molar-refractivity contribution in [2.24, 2.45) is 20.0 Å². The number of nitrogens with zero attached hydrogens (tertiary/aromatic N) is 2. The molecule has 0 unspecified atom stereocenters. The third kappa shape index (κ3) is 1.87. The van der Waals surface area contributed by atoms with E-state index in [1.807, 2.05) is 24.3 Å². The van der Waals surface area contributed by atoms with Gasteiger partial charge in [0.15, 0.2) is 0 Å². The maximum absolute atomic E-state index is 13.0. The quantitative estimate of drug-likeness (QED) is 0.620. The molecule has 5 rings (SSSR count). The molecule has 0 N–H and O–H groups in total. The highest BCUT2D eigenvalue weighted by atomic mass is 16.5. The van der Waals surface area contributed by atoms with Crippen LogP contribution >= 0.6 is 0 Å². The Morgan fingerprint density at radius 3 is 2.54 bits per heavy atom. The van der Waals surface area contributed by atoms with Crippen LogP contribution in [0.25, 0.3) is 10.8 Å². The summed E-state index contributed by atoms with van der Waals surface area (Å²) in [6.45, 7) is 0.905. The Morgan fingerprint density at radius 1 is 0.923 bits per heavy atom. The van der Waals surface area contributed by atoms with Gasteiger partial charge in [-0.05, 0) is 16.8 Å². The second kappa shape index (κ2) is 5.24. The zero-order chi connectivity index (χ0) is 18.0. The van der Waals surface area contributed by atoms with Gasteiger partial charge < -0.3 is 9.47 Å². The zero-order valence-electron chi connectivity index (χ0n) is 14.6. The average molecular weight is 350 g/mol. The van der Waals surface area contributed by atoms with Crippen LogP contribution in [0.2, 0.25) is 0 Å². The smallest absolute Gasteiger partial charge is 0.333 e. The Morgan fingerprint density at radius 2 is 1.69 bits per heavy atom. The van der Waals surface area contributed by atoms with Gasteiger partial charge in [-0.25, -0.2) is 4.79 Å². The summed E-state index contributed by atoms with van der Waals surface area (Å²) < 4.78 is 14.4. The molecule has 2 aliphatic rings. The first kappa shape index (κ1) is 15.3. The van der Waals surface area contributed by atoms with Crippen molar-refractivity contribution in [2.75, 3.05) is 13.2 Å². The molecule has 0 bridgehead atoms. The molecule has 1 aromatic heterocycles. The van der Waals surface area contributed by atoms with Crippen molar-refractivity contribution in [3.63, 3.8) is 0 Å². The van der Waals surface area contributed by atoms with Crippen LogP contribution in [0, 0.1) is 5.92 Å². The molecular weight excluding hydrogens is 332 g/mol. The van der Waals surface area contributed by atoms with Crippen molar-refractivity contribution in [2.45, 2.75) is 5.92 Å². The summed E-state index contributed by atoms with van der Waals surface area (Å²) in [5, 5.41) is 2.17. The first-order valence-electron chi connectivity index (χ1n) is 8.65. The number of benzene rings is 2. The molecule has 6 heteroatoms. The van der Waals surface area contributed by atoms with Crippen molar-refractivity contribution >= 4 is 10.8 Å². The van der Waals surface area contributed by atoms with E-state index in [9.17, 15) is 9.59 Å². The van der Waals surface area contributed by atoms with Crippen molar-refractivity contribution < 1.29 is 9.47 Å². The third-order valence-corrected chi connectivity index (χ3v) is 5.56. The molecule has 2 aromatic carbocycles. The SMILES string of the molecule is Cn1c2c(c(=O)n(C)c1=O)[C@H]1c3c(ccc4ccccc34)OC[C@@H]1CO2. The van der Waals surface area contributed by atoms with Gasteiger partial charge in [0.05, 0.1) is 18.8 Å². The molecule has 3 aromatic rings. The molecular formula is C20H18N2O4. The number of rotatable bonds is 0. The molecule has 3 heterocycles. The van der Waals surface area contributed by atoms with Crippen LogP contribution in [-0.2, 0) is 14.1 Å². The fourth-order valence-corrected chi connectivity index (χ4v) is 4.25. The Bertz CT molecular complexity index is 1170. The Hall–Kier alpha value is -3.02. The molecule has 0 aliphatic carbocycles. The standard InChI is InChI=1S/C20H18N2O4/c1-21-18(23)17-15-12(10-26-19(17)22(2)20(21)24)9-25-14-8-7-11-5-3-4-6-13(11)16(14)15/h3-8,12,15H,9-10H2,1-2H3/t12-,15-/m1/s1. The second-order valence-corrected chi connectivity index (χ2v) is 6.98. The highest BCUT2D eigenvalue weighted by Gasteiger charge is 2.42. The summed E-state index contributed by atoms with van der Waals surface area (Å²) in [4.78, 5) is 25.3. The summed E-state index contributed by atoms with van der Waals surface area (Å²) in [6.07, 6.45) is 0. The van der Waals surface area contributed by atoms with Crippen LogP contribution < -0.4 is 20.7 Å². The molecule has 0 spiro atoms. The van der Waals surface area contributed by atoms with Crippen molar-refractivity contribution in [3.8, 4) is 11.6 Å². The van der Waals surface area contributed by atoms with Gasteiger partial charge in [0.25, 0.3) is 5.56 Å². The average Bonchev–Trinajstić information content (AvgIpc) is 2.69. The molecule has 0 saturated carbocycles. The molecule has 0 saturated heterocycles. The lowest BCUT2D eigenvalue weighted by Gasteiger charge is -2.38. The van der Waals surface area contributed by atoms with E-state index in [1.54, 1.807) is 7.05 Å². The summed E-state index contributed by atoms with van der Waals surface area (Å²) in [7, 11) is 3.15. The minimum Gasteiger partial charge on any atom is -0.493 e. The number of ether oxygens (including phenoxy) is 2. The minimum absolute atomic E-state index is 0.0333. The van der Waals surface area contributed by atoms with Gasteiger partial charge in [-0.1, -0.05) is 30.3 Å². The van der Waals surface area contributed by atoms with Crippen LogP contribution in [0.4, 0.5) is 0 Å². The second-order valence-electron chi connectivity index (χ2n) is 6.98. The van der Waals surface area contributed by atoms with E-state index < -0.39 is 0 Å². The Labute approximate surface area is 149 Å². The Kier molecular flexibility index (Phi) is 3.07. The lowest BCUT2D eigenvalue weighted by atomic mass is 9.77. The van der Waals surface area contributed by atoms with Gasteiger partial charge in [-0.15, -0.1) is 0 Å². The third-order valence-electron chi connectivity index (χ3n) is 5.56. The molecule has 6 nitrogen and oxygen atoms in total. The van der Waals surface area contributed by atoms with E-state index in [0.717, 1.165) is 26.7 Å². The zero-order valence-corrected chi connectivity index (χ0v) is 14.6. The molecule has 26 heavy (non-hydrogen) atoms. The van der Waals surface area contributed by atoms with E-state index in [-0.39, 0.29) is 23.1 Å². The molecule has 0 amide bonds. The van der Waals surface area contributed by atoms with Crippen molar-refractivity contribution in [1.29, 1.82) is 0 Å². The van der Waals surface area contributed by atoms with Gasteiger partial charge in [0.1, 0.15) is 5.75 Å². The van der Waals surface area contributed by atoms with E-state index in [0.29, 0.717) is 24.7 Å². The van der Waals surface area contributed by atoms with Gasteiger partial charge in [-0.3, -0.25) is 13.9 Å². The van der Waals surface area contributed by atoms with Crippen LogP contribution in [0.15, 0.2) is 46.0 Å². The van der Waals surface area contributed by atoms with Crippen LogP contribution in [-0.4, -0.2) is 22.3 Å². The lowest BCUT2D eigenvalue weighted by Crippen LogP contribution is -2.46. The maximum atomic E-state index is 13.0. The van der Waals surface area contributed by atoms with E-state index >= 15 is 0 Å². The van der Waals surface area contributed by atoms with Gasteiger partial charge in [-0.2, -0.15) is 0 Å². The monoisotopic (exact) mass is 350 g/mol. The van der Waals surface area contributed by atoms with Gasteiger partial charge in [0, 0.05) is 31.5 Å². The normalized spacial score (nSPS) is 20.5. The van der Waals surface area contributed by atoms with Crippen molar-refractivity contribution in [3.05, 3.63) is 68.4 Å². The fourth-order valence-electron chi connectivity index (χ4n) is 4.25. The predicted octanol–water partition coefficient (Wildman–Crippen LogP) is 1.77. The molecule has 2 atom stereocenters. The summed E-state index contributed by atoms with van der Waals surface area (Å²) in [6, 6.07) is 12.1. The van der Waals surface area contributed by atoms with Crippen LogP contribution in [0.5, 0.6) is 11.6 Å². The fraction of sp³-hybridized carbons (Fsp3) is 0.300. The highest BCUT2D eigenvalue weighted by Crippen LogP contribution is 2.48. The highest BCUT2D eigenvalue weighted by molar-refractivity contribution is 5.89. The summed E-state index contributed by atoms with van der Waals surface area (Å²) in [5.41, 5.74) is 0.891. The summed E-state index contributed by atoms with van der Waals surface area (Å²) >= 11 is 0. The minimum atomic E-state index is -0.377. The van der Waals surface area contributed by atoms with Crippen LogP contribution in [0.3, 0.4) is 0 Å². The molecule has 0 radical (unpaired) electrons. The molecule has 132 valence electrons. The largest absolute Gasteiger partial charge is 0.493 e. The maximum Gasteiger partial charge on any atom is 0.333 e.